The number of carbonyl (C=O) groups is 2. The predicted octanol–water partition coefficient (Wildman–Crippen LogP) is 4.88. The molecule has 2 aliphatic rings. The summed E-state index contributed by atoms with van der Waals surface area (Å²) in [6, 6.07) is 11.7. The molecule has 0 saturated carbocycles. The normalized spacial score (nSPS) is 20.2. The van der Waals surface area contributed by atoms with Gasteiger partial charge in [-0.2, -0.15) is 0 Å². The summed E-state index contributed by atoms with van der Waals surface area (Å²) in [5, 5.41) is 21.2. The Balaban J connectivity index is 1.81. The summed E-state index contributed by atoms with van der Waals surface area (Å²) < 4.78 is 0. The molecule has 162 valence electrons. The fraction of sp³-hybridized carbons (Fsp3) is 0.385. The number of ketones is 1. The monoisotopic (exact) mass is 419 g/mol. The highest BCUT2D eigenvalue weighted by Crippen LogP contribution is 2.40. The van der Waals surface area contributed by atoms with E-state index in [4.69, 9.17) is 0 Å². The number of aliphatic hydroxyl groups is 1. The molecule has 1 aliphatic carbocycles. The Bertz CT molecular complexity index is 1040. The zero-order valence-electron chi connectivity index (χ0n) is 17.9. The molecule has 1 heterocycles. The number of carbonyl (C=O) groups excluding carboxylic acids is 2. The first kappa shape index (κ1) is 21.2. The summed E-state index contributed by atoms with van der Waals surface area (Å²) in [4.78, 5) is 27.5. The Morgan fingerprint density at radius 3 is 2.55 bits per heavy atom. The van der Waals surface area contributed by atoms with E-state index in [-0.39, 0.29) is 17.1 Å². The van der Waals surface area contributed by atoms with Crippen LogP contribution in [0.3, 0.4) is 0 Å². The van der Waals surface area contributed by atoms with Crippen LogP contribution in [0.5, 0.6) is 5.75 Å². The van der Waals surface area contributed by atoms with Gasteiger partial charge in [0, 0.05) is 12.1 Å². The lowest BCUT2D eigenvalue weighted by Crippen LogP contribution is -2.30. The second kappa shape index (κ2) is 8.96. The number of phenols is 1. The fourth-order valence-electron chi connectivity index (χ4n) is 4.72. The number of Topliss-reactive ketones (excluding diaryl/α,β-unsaturated/α-hetero) is 1. The van der Waals surface area contributed by atoms with E-state index in [1.807, 2.05) is 18.2 Å². The number of unbranched alkanes of at least 4 members (excludes halogenated alkanes) is 2. The SMILES string of the molecule is CCCCCN1C(=O)C(=O)/C(=C(\O)c2ccc3c(c2)CCCC3)C1c1cccc(O)c1. The molecule has 31 heavy (non-hydrogen) atoms. The van der Waals surface area contributed by atoms with E-state index in [0.717, 1.165) is 38.5 Å². The number of likely N-dealkylation sites (tertiary alicyclic amines) is 1. The quantitative estimate of drug-likeness (QED) is 0.303. The molecule has 5 heteroatoms. The van der Waals surface area contributed by atoms with Gasteiger partial charge in [-0.25, -0.2) is 0 Å². The molecule has 1 fully saturated rings. The molecule has 1 unspecified atom stereocenters. The first-order valence-corrected chi connectivity index (χ1v) is 11.2. The number of phenolic OH excluding ortho intramolecular Hbond substituents is 1. The van der Waals surface area contributed by atoms with Gasteiger partial charge in [0.05, 0.1) is 11.6 Å². The van der Waals surface area contributed by atoms with E-state index >= 15 is 0 Å². The topological polar surface area (TPSA) is 77.8 Å². The molecule has 5 nitrogen and oxygen atoms in total. The maximum absolute atomic E-state index is 13.0. The van der Waals surface area contributed by atoms with Gasteiger partial charge < -0.3 is 15.1 Å². The van der Waals surface area contributed by atoms with Crippen LogP contribution < -0.4 is 0 Å². The fourth-order valence-corrected chi connectivity index (χ4v) is 4.72. The maximum Gasteiger partial charge on any atom is 0.295 e. The van der Waals surface area contributed by atoms with Crippen molar-refractivity contribution in [2.24, 2.45) is 0 Å². The van der Waals surface area contributed by atoms with E-state index in [1.54, 1.807) is 24.3 Å². The molecule has 0 radical (unpaired) electrons. The van der Waals surface area contributed by atoms with Crippen molar-refractivity contribution in [3.8, 4) is 5.75 Å². The molecule has 0 spiro atoms. The largest absolute Gasteiger partial charge is 0.508 e. The highest BCUT2D eigenvalue weighted by molar-refractivity contribution is 6.46. The van der Waals surface area contributed by atoms with Crippen LogP contribution in [0.1, 0.15) is 67.3 Å². The van der Waals surface area contributed by atoms with Gasteiger partial charge in [-0.1, -0.05) is 44.0 Å². The van der Waals surface area contributed by atoms with Gasteiger partial charge in [-0.05, 0) is 67.0 Å². The van der Waals surface area contributed by atoms with Gasteiger partial charge in [-0.3, -0.25) is 9.59 Å². The molecule has 2 aromatic carbocycles. The van der Waals surface area contributed by atoms with Crippen molar-refractivity contribution < 1.29 is 19.8 Å². The van der Waals surface area contributed by atoms with Crippen molar-refractivity contribution in [3.63, 3.8) is 0 Å². The molecule has 1 atom stereocenters. The Morgan fingerprint density at radius 2 is 1.81 bits per heavy atom. The van der Waals surface area contributed by atoms with Crippen molar-refractivity contribution in [2.45, 2.75) is 57.9 Å². The van der Waals surface area contributed by atoms with Crippen LogP contribution in [0.15, 0.2) is 48.0 Å². The zero-order valence-corrected chi connectivity index (χ0v) is 17.9. The summed E-state index contributed by atoms with van der Waals surface area (Å²) in [5.41, 5.74) is 3.77. The number of nitrogens with zero attached hydrogens (tertiary/aromatic N) is 1. The van der Waals surface area contributed by atoms with Crippen LogP contribution in [-0.2, 0) is 22.4 Å². The molecular formula is C26H29NO4. The Labute approximate surface area is 183 Å². The Hall–Kier alpha value is -3.08. The second-order valence-corrected chi connectivity index (χ2v) is 8.49. The minimum atomic E-state index is -0.708. The van der Waals surface area contributed by atoms with E-state index in [0.29, 0.717) is 17.7 Å². The Kier molecular flexibility index (Phi) is 6.12. The molecule has 0 aromatic heterocycles. The number of aryl methyl sites for hydroxylation is 2. The van der Waals surface area contributed by atoms with Crippen LogP contribution in [0, 0.1) is 0 Å². The van der Waals surface area contributed by atoms with Crippen LogP contribution >= 0.6 is 0 Å². The van der Waals surface area contributed by atoms with Crippen molar-refractivity contribution in [2.75, 3.05) is 6.54 Å². The minimum absolute atomic E-state index is 0.0606. The standard InChI is InChI=1S/C26H29NO4/c1-2-3-6-14-27-23(19-10-7-11-21(28)16-19)22(25(30)26(27)31)24(29)20-13-12-17-8-4-5-9-18(17)15-20/h7,10-13,15-16,23,28-29H,2-6,8-9,14H2,1H3/b24-22-. The summed E-state index contributed by atoms with van der Waals surface area (Å²) >= 11 is 0. The van der Waals surface area contributed by atoms with Crippen molar-refractivity contribution in [1.82, 2.24) is 4.90 Å². The number of hydrogen-bond donors (Lipinski definition) is 2. The average Bonchev–Trinajstić information content (AvgIpc) is 3.03. The molecule has 1 amide bonds. The van der Waals surface area contributed by atoms with Gasteiger partial charge in [0.25, 0.3) is 11.7 Å². The summed E-state index contributed by atoms with van der Waals surface area (Å²) in [6.07, 6.45) is 6.98. The second-order valence-electron chi connectivity index (χ2n) is 8.49. The first-order valence-electron chi connectivity index (χ1n) is 11.2. The summed E-state index contributed by atoms with van der Waals surface area (Å²) in [5.74, 6) is -1.34. The number of rotatable bonds is 6. The number of aliphatic hydroxyl groups excluding tert-OH is 1. The Morgan fingerprint density at radius 1 is 1.03 bits per heavy atom. The third-order valence-corrected chi connectivity index (χ3v) is 6.35. The number of aromatic hydroxyl groups is 1. The summed E-state index contributed by atoms with van der Waals surface area (Å²) in [6.45, 7) is 2.51. The summed E-state index contributed by atoms with van der Waals surface area (Å²) in [7, 11) is 0. The lowest BCUT2D eigenvalue weighted by atomic mass is 9.88. The van der Waals surface area contributed by atoms with Gasteiger partial charge in [-0.15, -0.1) is 0 Å². The molecule has 2 aromatic rings. The van der Waals surface area contributed by atoms with Crippen molar-refractivity contribution in [1.29, 1.82) is 0 Å². The minimum Gasteiger partial charge on any atom is -0.508 e. The van der Waals surface area contributed by atoms with Crippen LogP contribution in [0.4, 0.5) is 0 Å². The van der Waals surface area contributed by atoms with Crippen LogP contribution in [-0.4, -0.2) is 33.3 Å². The predicted molar refractivity (Wildman–Crippen MR) is 120 cm³/mol. The van der Waals surface area contributed by atoms with Gasteiger partial charge in [0.15, 0.2) is 0 Å². The van der Waals surface area contributed by atoms with Gasteiger partial charge >= 0.3 is 0 Å². The lowest BCUT2D eigenvalue weighted by Gasteiger charge is -2.25. The molecular weight excluding hydrogens is 390 g/mol. The van der Waals surface area contributed by atoms with E-state index in [1.165, 1.54) is 22.4 Å². The number of hydrogen-bond acceptors (Lipinski definition) is 4. The molecule has 4 rings (SSSR count). The molecule has 0 bridgehead atoms. The molecule has 1 aliphatic heterocycles. The van der Waals surface area contributed by atoms with Gasteiger partial charge in [0.1, 0.15) is 11.5 Å². The number of benzene rings is 2. The highest BCUT2D eigenvalue weighted by atomic mass is 16.3. The molecule has 1 saturated heterocycles. The van der Waals surface area contributed by atoms with E-state index in [9.17, 15) is 19.8 Å². The first-order chi connectivity index (χ1) is 15.0. The third-order valence-electron chi connectivity index (χ3n) is 6.35. The van der Waals surface area contributed by atoms with E-state index in [2.05, 4.69) is 6.92 Å². The highest BCUT2D eigenvalue weighted by Gasteiger charge is 2.45. The van der Waals surface area contributed by atoms with Crippen LogP contribution in [0.2, 0.25) is 0 Å². The van der Waals surface area contributed by atoms with Crippen molar-refractivity contribution >= 4 is 17.4 Å². The molecule has 2 N–H and O–H groups in total. The third kappa shape index (κ3) is 4.09. The van der Waals surface area contributed by atoms with Gasteiger partial charge in [0.2, 0.25) is 0 Å². The smallest absolute Gasteiger partial charge is 0.295 e. The lowest BCUT2D eigenvalue weighted by molar-refractivity contribution is -0.139. The van der Waals surface area contributed by atoms with Crippen LogP contribution in [0.25, 0.3) is 5.76 Å². The van der Waals surface area contributed by atoms with E-state index < -0.39 is 17.7 Å². The zero-order chi connectivity index (χ0) is 22.0. The maximum atomic E-state index is 13.0. The number of fused-ring (bicyclic) bond motifs is 1. The number of amides is 1. The van der Waals surface area contributed by atoms with Crippen molar-refractivity contribution in [3.05, 3.63) is 70.3 Å². The average molecular weight is 420 g/mol.